The van der Waals surface area contributed by atoms with E-state index in [-0.39, 0.29) is 24.2 Å². The van der Waals surface area contributed by atoms with Gasteiger partial charge >= 0.3 is 11.7 Å². The number of esters is 1. The third-order valence-electron chi connectivity index (χ3n) is 4.76. The molecule has 8 heteroatoms. The van der Waals surface area contributed by atoms with Crippen molar-refractivity contribution in [2.45, 2.75) is 45.6 Å². The Morgan fingerprint density at radius 2 is 1.72 bits per heavy atom. The standard InChI is InChI=1S/C24H25N3O5/c1-17(2)22(30-15-20-12-8-5-9-13-20)24(25-16-28,31-18(3)29)23-26-21(32-27-23)14-19-10-6-4-7-11-19/h4-13,17,22H,14-15H2,1-3H3/t22-,24?/m0/s1. The first kappa shape index (κ1) is 23.1. The van der Waals surface area contributed by atoms with Crippen molar-refractivity contribution in [1.29, 1.82) is 0 Å². The van der Waals surface area contributed by atoms with E-state index >= 15 is 0 Å². The van der Waals surface area contributed by atoms with Crippen LogP contribution in [0.3, 0.4) is 0 Å². The van der Waals surface area contributed by atoms with Crippen LogP contribution in [0.5, 0.6) is 0 Å². The Morgan fingerprint density at radius 1 is 1.09 bits per heavy atom. The summed E-state index contributed by atoms with van der Waals surface area (Å²) in [5.74, 6) is -0.693. The van der Waals surface area contributed by atoms with Gasteiger partial charge in [0.15, 0.2) is 0 Å². The molecular formula is C24H25N3O5. The van der Waals surface area contributed by atoms with E-state index in [9.17, 15) is 9.59 Å². The molecule has 0 bridgehead atoms. The van der Waals surface area contributed by atoms with Gasteiger partial charge in [-0.25, -0.2) is 4.79 Å². The molecule has 1 heterocycles. The van der Waals surface area contributed by atoms with Crippen molar-refractivity contribution < 1.29 is 23.6 Å². The van der Waals surface area contributed by atoms with Crippen LogP contribution < -0.4 is 0 Å². The normalized spacial score (nSPS) is 13.8. The summed E-state index contributed by atoms with van der Waals surface area (Å²) in [4.78, 5) is 31.8. The third kappa shape index (κ3) is 5.55. The van der Waals surface area contributed by atoms with Gasteiger partial charge in [-0.15, -0.1) is 4.99 Å². The molecule has 0 aliphatic carbocycles. The van der Waals surface area contributed by atoms with Crippen molar-refractivity contribution in [2.75, 3.05) is 0 Å². The van der Waals surface area contributed by atoms with E-state index in [0.29, 0.717) is 6.42 Å². The summed E-state index contributed by atoms with van der Waals surface area (Å²) >= 11 is 0. The SMILES string of the molecule is CC(=O)OC(N=C=O)(c1noc(Cc2ccccc2)n1)[C@@H](OCc1ccccc1)C(C)C. The molecule has 0 N–H and O–H groups in total. The molecule has 0 saturated carbocycles. The lowest BCUT2D eigenvalue weighted by molar-refractivity contribution is -0.189. The van der Waals surface area contributed by atoms with Gasteiger partial charge in [-0.3, -0.25) is 4.79 Å². The fourth-order valence-electron chi connectivity index (χ4n) is 3.41. The molecule has 8 nitrogen and oxygen atoms in total. The summed E-state index contributed by atoms with van der Waals surface area (Å²) in [6.45, 7) is 5.14. The van der Waals surface area contributed by atoms with Gasteiger partial charge in [0.1, 0.15) is 6.10 Å². The second kappa shape index (κ2) is 10.6. The lowest BCUT2D eigenvalue weighted by atomic mass is 9.95. The number of aliphatic imine (C=N–C) groups is 1. The van der Waals surface area contributed by atoms with E-state index in [0.717, 1.165) is 11.1 Å². The molecule has 0 aliphatic rings. The number of ether oxygens (including phenoxy) is 2. The van der Waals surface area contributed by atoms with Crippen molar-refractivity contribution in [2.24, 2.45) is 10.9 Å². The quantitative estimate of drug-likeness (QED) is 0.270. The summed E-state index contributed by atoms with van der Waals surface area (Å²) < 4.78 is 17.1. The Morgan fingerprint density at radius 3 is 2.28 bits per heavy atom. The molecule has 2 atom stereocenters. The second-order valence-corrected chi connectivity index (χ2v) is 7.63. The number of carbonyl (C=O) groups is 1. The van der Waals surface area contributed by atoms with E-state index in [1.165, 1.54) is 13.0 Å². The Hall–Kier alpha value is -3.61. The molecule has 0 spiro atoms. The average molecular weight is 435 g/mol. The molecule has 3 aromatic rings. The second-order valence-electron chi connectivity index (χ2n) is 7.63. The zero-order valence-electron chi connectivity index (χ0n) is 18.2. The van der Waals surface area contributed by atoms with Crippen LogP contribution in [-0.4, -0.2) is 28.3 Å². The van der Waals surface area contributed by atoms with Crippen LogP contribution in [0, 0.1) is 5.92 Å². The van der Waals surface area contributed by atoms with Crippen molar-refractivity contribution in [3.8, 4) is 0 Å². The van der Waals surface area contributed by atoms with Gasteiger partial charge in [-0.05, 0) is 17.0 Å². The maximum atomic E-state index is 12.1. The van der Waals surface area contributed by atoms with Gasteiger partial charge in [0.05, 0.1) is 13.0 Å². The number of rotatable bonds is 10. The van der Waals surface area contributed by atoms with E-state index in [2.05, 4.69) is 15.1 Å². The minimum atomic E-state index is -1.94. The molecule has 1 aromatic heterocycles. The van der Waals surface area contributed by atoms with Crippen molar-refractivity contribution >= 4 is 12.0 Å². The number of isocyanates is 1. The predicted octanol–water partition coefficient (Wildman–Crippen LogP) is 3.95. The van der Waals surface area contributed by atoms with Gasteiger partial charge in [0.25, 0.3) is 0 Å². The third-order valence-corrected chi connectivity index (χ3v) is 4.76. The average Bonchev–Trinajstić information content (AvgIpc) is 3.24. The molecular weight excluding hydrogens is 410 g/mol. The van der Waals surface area contributed by atoms with E-state index in [1.54, 1.807) is 0 Å². The molecule has 3 rings (SSSR count). The number of hydrogen-bond donors (Lipinski definition) is 0. The predicted molar refractivity (Wildman–Crippen MR) is 115 cm³/mol. The van der Waals surface area contributed by atoms with Gasteiger partial charge in [-0.2, -0.15) is 4.98 Å². The number of hydrogen-bond acceptors (Lipinski definition) is 8. The van der Waals surface area contributed by atoms with Crippen LogP contribution in [0.2, 0.25) is 0 Å². The zero-order valence-corrected chi connectivity index (χ0v) is 18.2. The first-order valence-electron chi connectivity index (χ1n) is 10.3. The molecule has 0 amide bonds. The van der Waals surface area contributed by atoms with E-state index in [4.69, 9.17) is 14.0 Å². The topological polar surface area (TPSA) is 104 Å². The maximum absolute atomic E-state index is 12.1. The highest BCUT2D eigenvalue weighted by Gasteiger charge is 2.51. The van der Waals surface area contributed by atoms with Crippen molar-refractivity contribution in [3.05, 3.63) is 83.5 Å². The van der Waals surface area contributed by atoms with Crippen LogP contribution >= 0.6 is 0 Å². The number of benzene rings is 2. The number of aromatic nitrogens is 2. The molecule has 0 radical (unpaired) electrons. The fraction of sp³-hybridized carbons (Fsp3) is 0.333. The Labute approximate surface area is 186 Å². The zero-order chi connectivity index (χ0) is 23.0. The summed E-state index contributed by atoms with van der Waals surface area (Å²) in [6, 6.07) is 19.0. The summed E-state index contributed by atoms with van der Waals surface area (Å²) in [5.41, 5.74) is -0.0714. The van der Waals surface area contributed by atoms with Crippen LogP contribution in [0.25, 0.3) is 0 Å². The lowest BCUT2D eigenvalue weighted by Gasteiger charge is -2.34. The monoisotopic (exact) mass is 435 g/mol. The van der Waals surface area contributed by atoms with Gasteiger partial charge in [0.2, 0.25) is 17.8 Å². The van der Waals surface area contributed by atoms with Crippen molar-refractivity contribution in [3.63, 3.8) is 0 Å². The molecule has 166 valence electrons. The molecule has 0 aliphatic heterocycles. The molecule has 32 heavy (non-hydrogen) atoms. The smallest absolute Gasteiger partial charge is 0.305 e. The van der Waals surface area contributed by atoms with Crippen LogP contribution in [-0.2, 0) is 37.8 Å². The summed E-state index contributed by atoms with van der Waals surface area (Å²) in [7, 11) is 0. The van der Waals surface area contributed by atoms with Gasteiger partial charge in [-0.1, -0.05) is 79.7 Å². The molecule has 0 saturated heterocycles. The highest BCUT2D eigenvalue weighted by atomic mass is 16.6. The molecule has 1 unspecified atom stereocenters. The summed E-state index contributed by atoms with van der Waals surface area (Å²) in [5, 5.41) is 4.00. The Kier molecular flexibility index (Phi) is 7.65. The lowest BCUT2D eigenvalue weighted by Crippen LogP contribution is -2.47. The number of nitrogens with zero attached hydrogens (tertiary/aromatic N) is 3. The first-order valence-corrected chi connectivity index (χ1v) is 10.3. The minimum absolute atomic E-state index is 0.0752. The summed E-state index contributed by atoms with van der Waals surface area (Å²) in [6.07, 6.45) is 0.989. The van der Waals surface area contributed by atoms with E-state index < -0.39 is 17.8 Å². The fourth-order valence-corrected chi connectivity index (χ4v) is 3.41. The highest BCUT2D eigenvalue weighted by molar-refractivity contribution is 5.67. The van der Waals surface area contributed by atoms with Crippen LogP contribution in [0.15, 0.2) is 70.2 Å². The molecule has 0 fully saturated rings. The largest absolute Gasteiger partial charge is 0.425 e. The molecule has 2 aromatic carbocycles. The Balaban J connectivity index is 1.98. The van der Waals surface area contributed by atoms with Crippen molar-refractivity contribution in [1.82, 2.24) is 10.1 Å². The van der Waals surface area contributed by atoms with Crippen LogP contribution in [0.1, 0.15) is 43.6 Å². The highest BCUT2D eigenvalue weighted by Crippen LogP contribution is 2.36. The Bertz CT molecular complexity index is 1060. The van der Waals surface area contributed by atoms with Gasteiger partial charge in [0, 0.05) is 6.92 Å². The van der Waals surface area contributed by atoms with E-state index in [1.807, 2.05) is 74.5 Å². The van der Waals surface area contributed by atoms with Gasteiger partial charge < -0.3 is 14.0 Å². The van der Waals surface area contributed by atoms with Crippen LogP contribution in [0.4, 0.5) is 0 Å². The minimum Gasteiger partial charge on any atom is -0.425 e. The number of carbonyl (C=O) groups excluding carboxylic acids is 2. The first-order chi connectivity index (χ1) is 15.4. The maximum Gasteiger partial charge on any atom is 0.305 e.